The second-order valence-corrected chi connectivity index (χ2v) is 4.70. The minimum atomic E-state index is -0.330. The van der Waals surface area contributed by atoms with E-state index in [1.54, 1.807) is 12.1 Å². The van der Waals surface area contributed by atoms with Crippen LogP contribution in [0, 0.1) is 10.1 Å². The monoisotopic (exact) mass is 247 g/mol. The molecule has 3 aromatic rings. The molecule has 0 aromatic heterocycles. The maximum Gasteiger partial charge on any atom is 0.270 e. The standard InChI is InChI=1S/C16H9NO2/c18-17(19)11-8-10-4-3-7-14-12-5-1-2-6-13(12)15(9-11)16(10)14/h1-9H. The van der Waals surface area contributed by atoms with E-state index in [1.807, 2.05) is 30.3 Å². The Morgan fingerprint density at radius 2 is 1.47 bits per heavy atom. The van der Waals surface area contributed by atoms with Gasteiger partial charge in [0.05, 0.1) is 4.92 Å². The van der Waals surface area contributed by atoms with Crippen molar-refractivity contribution in [2.24, 2.45) is 0 Å². The number of nitrogens with zero attached hydrogens (tertiary/aromatic N) is 1. The molecule has 0 amide bonds. The quantitative estimate of drug-likeness (QED) is 0.369. The lowest BCUT2D eigenvalue weighted by Crippen LogP contribution is -1.88. The van der Waals surface area contributed by atoms with Crippen molar-refractivity contribution < 1.29 is 4.92 Å². The first-order valence-electron chi connectivity index (χ1n) is 6.06. The first-order valence-corrected chi connectivity index (χ1v) is 6.06. The van der Waals surface area contributed by atoms with Gasteiger partial charge in [-0.25, -0.2) is 0 Å². The SMILES string of the molecule is O=[N+]([O-])c1cc2c3c(cccc3c1)-c1ccccc1-2. The fourth-order valence-corrected chi connectivity index (χ4v) is 2.91. The van der Waals surface area contributed by atoms with E-state index in [9.17, 15) is 10.1 Å². The summed E-state index contributed by atoms with van der Waals surface area (Å²) in [5, 5.41) is 13.1. The van der Waals surface area contributed by atoms with Crippen molar-refractivity contribution in [3.05, 3.63) is 64.7 Å². The van der Waals surface area contributed by atoms with Gasteiger partial charge in [-0.15, -0.1) is 0 Å². The van der Waals surface area contributed by atoms with Crippen molar-refractivity contribution in [1.29, 1.82) is 0 Å². The van der Waals surface area contributed by atoms with Gasteiger partial charge in [0.25, 0.3) is 5.69 Å². The smallest absolute Gasteiger partial charge is 0.258 e. The molecule has 3 heteroatoms. The highest BCUT2D eigenvalue weighted by molar-refractivity contribution is 6.15. The van der Waals surface area contributed by atoms with Gasteiger partial charge in [-0.05, 0) is 33.0 Å². The van der Waals surface area contributed by atoms with Crippen molar-refractivity contribution in [3.63, 3.8) is 0 Å². The number of fused-ring (bicyclic) bond motifs is 3. The van der Waals surface area contributed by atoms with Gasteiger partial charge in [0.1, 0.15) is 0 Å². The van der Waals surface area contributed by atoms with Crippen LogP contribution in [0.1, 0.15) is 0 Å². The van der Waals surface area contributed by atoms with E-state index in [2.05, 4.69) is 12.1 Å². The first-order chi connectivity index (χ1) is 9.25. The highest BCUT2D eigenvalue weighted by Crippen LogP contribution is 2.48. The number of nitro groups is 1. The molecule has 0 aliphatic heterocycles. The van der Waals surface area contributed by atoms with Gasteiger partial charge >= 0.3 is 0 Å². The van der Waals surface area contributed by atoms with Crippen LogP contribution >= 0.6 is 0 Å². The lowest BCUT2D eigenvalue weighted by atomic mass is 10.0. The summed E-state index contributed by atoms with van der Waals surface area (Å²) in [7, 11) is 0. The van der Waals surface area contributed by atoms with Crippen LogP contribution in [0.25, 0.3) is 33.0 Å². The molecule has 0 N–H and O–H groups in total. The molecule has 0 unspecified atom stereocenters. The molecular weight excluding hydrogens is 238 g/mol. The summed E-state index contributed by atoms with van der Waals surface area (Å²) in [4.78, 5) is 10.7. The second-order valence-electron chi connectivity index (χ2n) is 4.70. The predicted octanol–water partition coefficient (Wildman–Crippen LogP) is 4.40. The third-order valence-corrected chi connectivity index (χ3v) is 3.68. The van der Waals surface area contributed by atoms with Crippen LogP contribution in [0.15, 0.2) is 54.6 Å². The molecule has 1 aliphatic carbocycles. The van der Waals surface area contributed by atoms with Crippen LogP contribution in [0.4, 0.5) is 5.69 Å². The minimum Gasteiger partial charge on any atom is -0.258 e. The van der Waals surface area contributed by atoms with Gasteiger partial charge in [0, 0.05) is 12.1 Å². The van der Waals surface area contributed by atoms with E-state index in [1.165, 1.54) is 0 Å². The second kappa shape index (κ2) is 3.42. The summed E-state index contributed by atoms with van der Waals surface area (Å²) in [6.07, 6.45) is 0. The first kappa shape index (κ1) is 10.3. The van der Waals surface area contributed by atoms with Gasteiger partial charge in [-0.1, -0.05) is 42.5 Å². The molecule has 0 radical (unpaired) electrons. The van der Waals surface area contributed by atoms with Crippen LogP contribution in [-0.2, 0) is 0 Å². The highest BCUT2D eigenvalue weighted by atomic mass is 16.6. The molecule has 0 saturated heterocycles. The average molecular weight is 247 g/mol. The maximum atomic E-state index is 11.0. The number of rotatable bonds is 1. The van der Waals surface area contributed by atoms with E-state index in [4.69, 9.17) is 0 Å². The van der Waals surface area contributed by atoms with Crippen LogP contribution < -0.4 is 0 Å². The number of nitro benzene ring substituents is 1. The van der Waals surface area contributed by atoms with E-state index in [-0.39, 0.29) is 10.6 Å². The Morgan fingerprint density at radius 3 is 2.21 bits per heavy atom. The van der Waals surface area contributed by atoms with Crippen molar-refractivity contribution in [1.82, 2.24) is 0 Å². The summed E-state index contributed by atoms with van der Waals surface area (Å²) < 4.78 is 0. The molecule has 0 heterocycles. The number of non-ortho nitro benzene ring substituents is 1. The molecule has 0 bridgehead atoms. The summed E-state index contributed by atoms with van der Waals surface area (Å²) in [6.45, 7) is 0. The van der Waals surface area contributed by atoms with Crippen LogP contribution in [0.2, 0.25) is 0 Å². The topological polar surface area (TPSA) is 43.1 Å². The molecule has 4 rings (SSSR count). The van der Waals surface area contributed by atoms with Gasteiger partial charge in [0.15, 0.2) is 0 Å². The summed E-state index contributed by atoms with van der Waals surface area (Å²) in [5.41, 5.74) is 4.52. The Labute approximate surface area is 109 Å². The molecule has 3 aromatic carbocycles. The third kappa shape index (κ3) is 1.27. The molecule has 0 fully saturated rings. The lowest BCUT2D eigenvalue weighted by Gasteiger charge is -2.02. The van der Waals surface area contributed by atoms with Crippen LogP contribution in [0.5, 0.6) is 0 Å². The molecular formula is C16H9NO2. The summed E-state index contributed by atoms with van der Waals surface area (Å²) in [5.74, 6) is 0. The van der Waals surface area contributed by atoms with E-state index < -0.39 is 0 Å². The van der Waals surface area contributed by atoms with Gasteiger partial charge in [-0.3, -0.25) is 10.1 Å². The molecule has 90 valence electrons. The zero-order valence-electron chi connectivity index (χ0n) is 9.96. The average Bonchev–Trinajstić information content (AvgIpc) is 2.76. The van der Waals surface area contributed by atoms with E-state index in [0.717, 1.165) is 33.0 Å². The Hall–Kier alpha value is -2.68. The van der Waals surface area contributed by atoms with Gasteiger partial charge in [-0.2, -0.15) is 0 Å². The number of benzene rings is 3. The zero-order chi connectivity index (χ0) is 13.0. The Balaban J connectivity index is 2.21. The van der Waals surface area contributed by atoms with Crippen LogP contribution in [-0.4, -0.2) is 4.92 Å². The maximum absolute atomic E-state index is 11.0. The number of hydrogen-bond donors (Lipinski definition) is 0. The van der Waals surface area contributed by atoms with Crippen molar-refractivity contribution >= 4 is 16.5 Å². The number of hydrogen-bond acceptors (Lipinski definition) is 2. The van der Waals surface area contributed by atoms with Crippen molar-refractivity contribution in [2.45, 2.75) is 0 Å². The van der Waals surface area contributed by atoms with Crippen molar-refractivity contribution in [3.8, 4) is 22.3 Å². The lowest BCUT2D eigenvalue weighted by molar-refractivity contribution is -0.384. The molecule has 0 spiro atoms. The zero-order valence-corrected chi connectivity index (χ0v) is 9.96. The largest absolute Gasteiger partial charge is 0.270 e. The van der Waals surface area contributed by atoms with Crippen molar-refractivity contribution in [2.75, 3.05) is 0 Å². The van der Waals surface area contributed by atoms with Gasteiger partial charge < -0.3 is 0 Å². The Morgan fingerprint density at radius 1 is 0.789 bits per heavy atom. The summed E-state index contributed by atoms with van der Waals surface area (Å²) >= 11 is 0. The third-order valence-electron chi connectivity index (χ3n) is 3.68. The predicted molar refractivity (Wildman–Crippen MR) is 75.0 cm³/mol. The molecule has 1 aliphatic rings. The fourth-order valence-electron chi connectivity index (χ4n) is 2.91. The highest BCUT2D eigenvalue weighted by Gasteiger charge is 2.23. The molecule has 19 heavy (non-hydrogen) atoms. The Kier molecular flexibility index (Phi) is 1.85. The Bertz CT molecular complexity index is 852. The molecule has 3 nitrogen and oxygen atoms in total. The molecule has 0 saturated carbocycles. The normalized spacial score (nSPS) is 11.6. The molecule has 0 atom stereocenters. The fraction of sp³-hybridized carbons (Fsp3) is 0. The van der Waals surface area contributed by atoms with Crippen LogP contribution in [0.3, 0.4) is 0 Å². The van der Waals surface area contributed by atoms with Gasteiger partial charge in [0.2, 0.25) is 0 Å². The summed E-state index contributed by atoms with van der Waals surface area (Å²) in [6, 6.07) is 17.3. The van der Waals surface area contributed by atoms with E-state index in [0.29, 0.717) is 0 Å². The minimum absolute atomic E-state index is 0.149. The van der Waals surface area contributed by atoms with E-state index >= 15 is 0 Å².